The summed E-state index contributed by atoms with van der Waals surface area (Å²) in [6.07, 6.45) is 4.63. The minimum atomic E-state index is -0.719. The first-order valence-electron chi connectivity index (χ1n) is 5.47. The van der Waals surface area contributed by atoms with E-state index in [0.717, 1.165) is 24.8 Å². The van der Waals surface area contributed by atoms with Crippen molar-refractivity contribution in [3.63, 3.8) is 0 Å². The molecule has 0 spiro atoms. The quantitative estimate of drug-likeness (QED) is 0.814. The number of rotatable bonds is 3. The summed E-state index contributed by atoms with van der Waals surface area (Å²) >= 11 is 0. The van der Waals surface area contributed by atoms with Gasteiger partial charge in [0.2, 0.25) is 0 Å². The van der Waals surface area contributed by atoms with Gasteiger partial charge in [0.15, 0.2) is 0 Å². The molecular weight excluding hydrogens is 190 g/mol. The Morgan fingerprint density at radius 1 is 1.67 bits per heavy atom. The van der Waals surface area contributed by atoms with Crippen molar-refractivity contribution in [1.82, 2.24) is 4.57 Å². The van der Waals surface area contributed by atoms with Crippen molar-refractivity contribution in [2.45, 2.75) is 31.8 Å². The van der Waals surface area contributed by atoms with Gasteiger partial charge in [0.1, 0.15) is 0 Å². The maximum absolute atomic E-state index is 11.4. The molecule has 2 rings (SSSR count). The Balaban J connectivity index is 2.25. The minimum absolute atomic E-state index is 0.0527. The van der Waals surface area contributed by atoms with Crippen LogP contribution in [0.15, 0.2) is 23.1 Å². The summed E-state index contributed by atoms with van der Waals surface area (Å²) in [7, 11) is 1.71. The molecule has 0 saturated heterocycles. The Morgan fingerprint density at radius 3 is 3.00 bits per heavy atom. The summed E-state index contributed by atoms with van der Waals surface area (Å²) < 4.78 is 1.52. The lowest BCUT2D eigenvalue weighted by Gasteiger charge is -2.10. The van der Waals surface area contributed by atoms with Crippen molar-refractivity contribution in [3.05, 3.63) is 34.2 Å². The highest BCUT2D eigenvalue weighted by atomic mass is 16.3. The van der Waals surface area contributed by atoms with E-state index >= 15 is 0 Å². The average Bonchev–Trinajstić information content (AvgIpc) is 2.84. The third-order valence-electron chi connectivity index (χ3n) is 3.31. The normalized spacial score (nSPS) is 29.1. The van der Waals surface area contributed by atoms with Gasteiger partial charge in [-0.1, -0.05) is 13.3 Å². The Morgan fingerprint density at radius 2 is 2.40 bits per heavy atom. The highest BCUT2D eigenvalue weighted by molar-refractivity contribution is 5.27. The lowest BCUT2D eigenvalue weighted by molar-refractivity contribution is 0.129. The Bertz CT molecular complexity index is 424. The van der Waals surface area contributed by atoms with Crippen molar-refractivity contribution in [2.75, 3.05) is 0 Å². The molecule has 1 N–H and O–H groups in total. The highest BCUT2D eigenvalue weighted by Gasteiger charge is 2.53. The van der Waals surface area contributed by atoms with Gasteiger partial charge in [-0.25, -0.2) is 0 Å². The van der Waals surface area contributed by atoms with Crippen LogP contribution in [-0.4, -0.2) is 9.67 Å². The zero-order valence-corrected chi connectivity index (χ0v) is 9.23. The van der Waals surface area contributed by atoms with Crippen molar-refractivity contribution >= 4 is 0 Å². The molecular formula is C12H17NO2. The third-order valence-corrected chi connectivity index (χ3v) is 3.31. The van der Waals surface area contributed by atoms with E-state index in [0.29, 0.717) is 5.92 Å². The van der Waals surface area contributed by atoms with E-state index < -0.39 is 5.60 Å². The second-order valence-corrected chi connectivity index (χ2v) is 4.48. The van der Waals surface area contributed by atoms with Gasteiger partial charge in [-0.15, -0.1) is 0 Å². The predicted octanol–water partition coefficient (Wildman–Crippen LogP) is 1.39. The summed E-state index contributed by atoms with van der Waals surface area (Å²) in [6, 6.07) is 3.40. The van der Waals surface area contributed by atoms with E-state index in [4.69, 9.17) is 0 Å². The van der Waals surface area contributed by atoms with Crippen LogP contribution in [0.4, 0.5) is 0 Å². The molecule has 82 valence electrons. The number of aryl methyl sites for hydroxylation is 1. The fourth-order valence-corrected chi connectivity index (χ4v) is 2.18. The van der Waals surface area contributed by atoms with Crippen LogP contribution in [0.25, 0.3) is 0 Å². The molecule has 1 aromatic heterocycles. The number of hydrogen-bond donors (Lipinski definition) is 1. The first-order valence-corrected chi connectivity index (χ1v) is 5.47. The van der Waals surface area contributed by atoms with E-state index in [-0.39, 0.29) is 5.56 Å². The van der Waals surface area contributed by atoms with Crippen LogP contribution in [0, 0.1) is 5.92 Å². The van der Waals surface area contributed by atoms with Crippen molar-refractivity contribution in [3.8, 4) is 0 Å². The number of pyridine rings is 1. The number of nitrogens with zero attached hydrogens (tertiary/aromatic N) is 1. The number of aliphatic hydroxyl groups is 1. The van der Waals surface area contributed by atoms with Gasteiger partial charge >= 0.3 is 0 Å². The van der Waals surface area contributed by atoms with Gasteiger partial charge in [0.05, 0.1) is 5.60 Å². The molecule has 2 unspecified atom stereocenters. The maximum atomic E-state index is 11.4. The van der Waals surface area contributed by atoms with Crippen LogP contribution in [0.2, 0.25) is 0 Å². The molecule has 0 amide bonds. The molecule has 3 heteroatoms. The van der Waals surface area contributed by atoms with E-state index in [1.54, 1.807) is 19.3 Å². The fourth-order valence-electron chi connectivity index (χ4n) is 2.18. The predicted molar refractivity (Wildman–Crippen MR) is 58.6 cm³/mol. The molecule has 1 heterocycles. The molecule has 1 fully saturated rings. The number of aromatic nitrogens is 1. The van der Waals surface area contributed by atoms with Crippen molar-refractivity contribution in [1.29, 1.82) is 0 Å². The molecule has 0 aromatic carbocycles. The standard InChI is InChI=1S/C12H17NO2/c1-3-4-10-8-12(10,15)9-5-6-13(2)11(14)7-9/h5-7,10,15H,3-4,8H2,1-2H3. The lowest BCUT2D eigenvalue weighted by Crippen LogP contribution is -2.19. The number of hydrogen-bond acceptors (Lipinski definition) is 2. The molecule has 1 aromatic rings. The van der Waals surface area contributed by atoms with E-state index in [1.165, 1.54) is 4.57 Å². The molecule has 0 bridgehead atoms. The smallest absolute Gasteiger partial charge is 0.250 e. The van der Waals surface area contributed by atoms with Crippen LogP contribution in [0.3, 0.4) is 0 Å². The van der Waals surface area contributed by atoms with Gasteiger partial charge < -0.3 is 9.67 Å². The average molecular weight is 207 g/mol. The minimum Gasteiger partial charge on any atom is -0.385 e. The molecule has 2 atom stereocenters. The van der Waals surface area contributed by atoms with E-state index in [2.05, 4.69) is 6.92 Å². The topological polar surface area (TPSA) is 42.2 Å². The van der Waals surface area contributed by atoms with Crippen molar-refractivity contribution < 1.29 is 5.11 Å². The molecule has 15 heavy (non-hydrogen) atoms. The Hall–Kier alpha value is -1.09. The molecule has 1 aliphatic carbocycles. The summed E-state index contributed by atoms with van der Waals surface area (Å²) in [5, 5.41) is 10.3. The molecule has 1 aliphatic rings. The van der Waals surface area contributed by atoms with Gasteiger partial charge in [-0.2, -0.15) is 0 Å². The van der Waals surface area contributed by atoms with E-state index in [9.17, 15) is 9.90 Å². The second kappa shape index (κ2) is 3.49. The monoisotopic (exact) mass is 207 g/mol. The Kier molecular flexibility index (Phi) is 2.43. The zero-order valence-electron chi connectivity index (χ0n) is 9.23. The third kappa shape index (κ3) is 1.72. The molecule has 0 aliphatic heterocycles. The largest absolute Gasteiger partial charge is 0.385 e. The van der Waals surface area contributed by atoms with Crippen LogP contribution in [0.5, 0.6) is 0 Å². The van der Waals surface area contributed by atoms with Crippen molar-refractivity contribution in [2.24, 2.45) is 13.0 Å². The van der Waals surface area contributed by atoms with Crippen LogP contribution in [0.1, 0.15) is 31.7 Å². The zero-order chi connectivity index (χ0) is 11.1. The van der Waals surface area contributed by atoms with Gasteiger partial charge in [-0.05, 0) is 30.4 Å². The van der Waals surface area contributed by atoms with Crippen LogP contribution >= 0.6 is 0 Å². The van der Waals surface area contributed by atoms with Crippen LogP contribution in [-0.2, 0) is 12.6 Å². The highest BCUT2D eigenvalue weighted by Crippen LogP contribution is 2.53. The maximum Gasteiger partial charge on any atom is 0.250 e. The Labute approximate surface area is 89.4 Å². The van der Waals surface area contributed by atoms with Gasteiger partial charge in [0, 0.05) is 19.3 Å². The fraction of sp³-hybridized carbons (Fsp3) is 0.583. The summed E-state index contributed by atoms with van der Waals surface area (Å²) in [4.78, 5) is 11.4. The SMILES string of the molecule is CCCC1CC1(O)c1ccn(C)c(=O)c1. The lowest BCUT2D eigenvalue weighted by atomic mass is 10.1. The van der Waals surface area contributed by atoms with E-state index in [1.807, 2.05) is 6.07 Å². The van der Waals surface area contributed by atoms with Gasteiger partial charge in [-0.3, -0.25) is 4.79 Å². The van der Waals surface area contributed by atoms with Gasteiger partial charge in [0.25, 0.3) is 5.56 Å². The first-order chi connectivity index (χ1) is 7.08. The summed E-state index contributed by atoms with van der Waals surface area (Å²) in [6.45, 7) is 2.11. The molecule has 0 radical (unpaired) electrons. The molecule has 3 nitrogen and oxygen atoms in total. The molecule has 1 saturated carbocycles. The summed E-state index contributed by atoms with van der Waals surface area (Å²) in [5.74, 6) is 0.342. The second-order valence-electron chi connectivity index (χ2n) is 4.48. The first kappa shape index (κ1) is 10.4. The summed E-state index contributed by atoms with van der Waals surface area (Å²) in [5.41, 5.74) is 0.01000. The van der Waals surface area contributed by atoms with Crippen LogP contribution < -0.4 is 5.56 Å².